The van der Waals surface area contributed by atoms with Crippen molar-refractivity contribution in [1.82, 2.24) is 9.55 Å². The third kappa shape index (κ3) is 2.57. The minimum Gasteiger partial charge on any atom is -0.312 e. The summed E-state index contributed by atoms with van der Waals surface area (Å²) in [6.45, 7) is 0. The van der Waals surface area contributed by atoms with Crippen LogP contribution in [0.2, 0.25) is 5.02 Å². The van der Waals surface area contributed by atoms with Crippen LogP contribution < -0.4 is 0 Å². The summed E-state index contributed by atoms with van der Waals surface area (Å²) in [7, 11) is 0. The van der Waals surface area contributed by atoms with Crippen LogP contribution in [0.15, 0.2) is 47.9 Å². The monoisotopic (exact) mass is 249 g/mol. The van der Waals surface area contributed by atoms with E-state index < -0.39 is 0 Å². The lowest BCUT2D eigenvalue weighted by Crippen LogP contribution is -1.99. The van der Waals surface area contributed by atoms with Gasteiger partial charge < -0.3 is 4.57 Å². The predicted octanol–water partition coefficient (Wildman–Crippen LogP) is 3.35. The van der Waals surface area contributed by atoms with Gasteiger partial charge in [0.05, 0.1) is 12.4 Å². The number of nitrogens with zero attached hydrogens (tertiary/aromatic N) is 3. The molecule has 0 spiro atoms. The zero-order valence-corrected chi connectivity index (χ0v) is 9.82. The molecule has 0 saturated carbocycles. The molecule has 1 aromatic carbocycles. The van der Waals surface area contributed by atoms with Crippen molar-refractivity contribution in [2.75, 3.05) is 0 Å². The number of nitriles is 1. The number of aromatic nitrogens is 2. The van der Waals surface area contributed by atoms with E-state index in [4.69, 9.17) is 16.9 Å². The summed E-state index contributed by atoms with van der Waals surface area (Å²) < 4.78 is 1.76. The van der Waals surface area contributed by atoms with Crippen LogP contribution in [0.5, 0.6) is 0 Å². The summed E-state index contributed by atoms with van der Waals surface area (Å²) in [6.07, 6.45) is 5.07. The molecule has 2 rings (SSSR count). The SMILES string of the molecule is N#CC(Sc1ccc(Cl)cc1)n1ccnc1. The molecule has 5 heteroatoms. The molecule has 0 radical (unpaired) electrons. The third-order valence-electron chi connectivity index (χ3n) is 1.97. The fourth-order valence-electron chi connectivity index (χ4n) is 1.20. The Labute approximate surface area is 103 Å². The van der Waals surface area contributed by atoms with E-state index >= 15 is 0 Å². The maximum Gasteiger partial charge on any atom is 0.172 e. The maximum absolute atomic E-state index is 9.07. The van der Waals surface area contributed by atoms with Crippen LogP contribution in [-0.2, 0) is 0 Å². The Bertz CT molecular complexity index is 487. The molecule has 80 valence electrons. The summed E-state index contributed by atoms with van der Waals surface area (Å²) in [5.74, 6) is 0. The number of benzene rings is 1. The summed E-state index contributed by atoms with van der Waals surface area (Å²) in [5.41, 5.74) is 0. The van der Waals surface area contributed by atoms with Gasteiger partial charge in [-0.3, -0.25) is 0 Å². The van der Waals surface area contributed by atoms with Crippen LogP contribution in [0.25, 0.3) is 0 Å². The minimum atomic E-state index is -0.302. The highest BCUT2D eigenvalue weighted by Crippen LogP contribution is 2.30. The van der Waals surface area contributed by atoms with Crippen molar-refractivity contribution in [2.45, 2.75) is 10.3 Å². The van der Waals surface area contributed by atoms with Gasteiger partial charge in [0.25, 0.3) is 0 Å². The van der Waals surface area contributed by atoms with Gasteiger partial charge in [-0.2, -0.15) is 5.26 Å². The largest absolute Gasteiger partial charge is 0.312 e. The number of imidazole rings is 1. The van der Waals surface area contributed by atoms with Gasteiger partial charge in [0.2, 0.25) is 0 Å². The van der Waals surface area contributed by atoms with E-state index in [1.165, 1.54) is 11.8 Å². The van der Waals surface area contributed by atoms with Gasteiger partial charge in [-0.1, -0.05) is 23.4 Å². The van der Waals surface area contributed by atoms with E-state index in [2.05, 4.69) is 11.1 Å². The van der Waals surface area contributed by atoms with E-state index in [0.717, 1.165) is 4.90 Å². The van der Waals surface area contributed by atoms with E-state index in [9.17, 15) is 0 Å². The second-order valence-electron chi connectivity index (χ2n) is 3.06. The molecule has 0 saturated heterocycles. The quantitative estimate of drug-likeness (QED) is 0.784. The number of rotatable bonds is 3. The predicted molar refractivity (Wildman–Crippen MR) is 64.2 cm³/mol. The Hall–Kier alpha value is -1.44. The van der Waals surface area contributed by atoms with Crippen LogP contribution in [0.3, 0.4) is 0 Å². The fraction of sp³-hybridized carbons (Fsp3) is 0.0909. The van der Waals surface area contributed by atoms with E-state index in [0.29, 0.717) is 5.02 Å². The summed E-state index contributed by atoms with van der Waals surface area (Å²) in [6, 6.07) is 9.64. The molecule has 0 aliphatic rings. The third-order valence-corrected chi connectivity index (χ3v) is 3.34. The molecule has 0 N–H and O–H groups in total. The molecule has 1 aromatic heterocycles. The molecule has 16 heavy (non-hydrogen) atoms. The zero-order valence-electron chi connectivity index (χ0n) is 8.25. The summed E-state index contributed by atoms with van der Waals surface area (Å²) in [4.78, 5) is 4.93. The van der Waals surface area contributed by atoms with Gasteiger partial charge in [0.15, 0.2) is 5.37 Å². The highest BCUT2D eigenvalue weighted by atomic mass is 35.5. The Morgan fingerprint density at radius 1 is 1.38 bits per heavy atom. The zero-order chi connectivity index (χ0) is 11.4. The first-order valence-corrected chi connectivity index (χ1v) is 5.84. The Morgan fingerprint density at radius 2 is 2.12 bits per heavy atom. The molecular weight excluding hydrogens is 242 g/mol. The number of hydrogen-bond acceptors (Lipinski definition) is 3. The molecule has 1 unspecified atom stereocenters. The van der Waals surface area contributed by atoms with E-state index in [1.807, 2.05) is 24.3 Å². The number of thioether (sulfide) groups is 1. The van der Waals surface area contributed by atoms with Gasteiger partial charge in [0.1, 0.15) is 0 Å². The summed E-state index contributed by atoms with van der Waals surface area (Å²) >= 11 is 7.25. The topological polar surface area (TPSA) is 41.6 Å². The number of halogens is 1. The fourth-order valence-corrected chi connectivity index (χ4v) is 2.18. The molecule has 0 fully saturated rings. The van der Waals surface area contributed by atoms with Crippen molar-refractivity contribution in [3.05, 3.63) is 48.0 Å². The lowest BCUT2D eigenvalue weighted by atomic mass is 10.4. The van der Waals surface area contributed by atoms with Crippen molar-refractivity contribution in [1.29, 1.82) is 5.26 Å². The Balaban J connectivity index is 2.14. The molecule has 0 bridgehead atoms. The van der Waals surface area contributed by atoms with Crippen LogP contribution in [0, 0.1) is 11.3 Å². The highest BCUT2D eigenvalue weighted by Gasteiger charge is 2.10. The van der Waals surface area contributed by atoms with Gasteiger partial charge in [-0.15, -0.1) is 0 Å². The average Bonchev–Trinajstić information content (AvgIpc) is 2.82. The van der Waals surface area contributed by atoms with Crippen molar-refractivity contribution in [3.63, 3.8) is 0 Å². The van der Waals surface area contributed by atoms with Crippen molar-refractivity contribution >= 4 is 23.4 Å². The molecule has 3 nitrogen and oxygen atoms in total. The molecule has 2 aromatic rings. The number of hydrogen-bond donors (Lipinski definition) is 0. The average molecular weight is 250 g/mol. The molecule has 0 amide bonds. The molecule has 1 atom stereocenters. The highest BCUT2D eigenvalue weighted by molar-refractivity contribution is 7.99. The second-order valence-corrected chi connectivity index (χ2v) is 4.65. The first kappa shape index (κ1) is 11.1. The minimum absolute atomic E-state index is 0.302. The van der Waals surface area contributed by atoms with Gasteiger partial charge in [-0.05, 0) is 24.3 Å². The van der Waals surface area contributed by atoms with Crippen molar-refractivity contribution in [3.8, 4) is 6.07 Å². The molecule has 1 heterocycles. The smallest absolute Gasteiger partial charge is 0.172 e. The van der Waals surface area contributed by atoms with Crippen LogP contribution >= 0.6 is 23.4 Å². The lowest BCUT2D eigenvalue weighted by molar-refractivity contribution is 0.808. The standard InChI is InChI=1S/C11H8ClN3S/c12-9-1-3-10(4-2-9)16-11(7-13)15-6-5-14-8-15/h1-6,8,11H. The molecule has 0 aliphatic carbocycles. The lowest BCUT2D eigenvalue weighted by Gasteiger charge is -2.09. The van der Waals surface area contributed by atoms with Gasteiger partial charge in [-0.25, -0.2) is 4.98 Å². The Morgan fingerprint density at radius 3 is 2.69 bits per heavy atom. The van der Waals surface area contributed by atoms with Crippen LogP contribution in [0.4, 0.5) is 0 Å². The van der Waals surface area contributed by atoms with Crippen molar-refractivity contribution in [2.24, 2.45) is 0 Å². The molecule has 0 aliphatic heterocycles. The van der Waals surface area contributed by atoms with Gasteiger partial charge >= 0.3 is 0 Å². The Kier molecular flexibility index (Phi) is 3.50. The maximum atomic E-state index is 9.07. The normalized spacial score (nSPS) is 12.0. The molecular formula is C11H8ClN3S. The van der Waals surface area contributed by atoms with E-state index in [1.54, 1.807) is 23.3 Å². The van der Waals surface area contributed by atoms with Gasteiger partial charge in [0, 0.05) is 22.3 Å². The van der Waals surface area contributed by atoms with Crippen LogP contribution in [-0.4, -0.2) is 9.55 Å². The first-order valence-electron chi connectivity index (χ1n) is 4.59. The van der Waals surface area contributed by atoms with Crippen LogP contribution in [0.1, 0.15) is 5.37 Å². The summed E-state index contributed by atoms with van der Waals surface area (Å²) in [5, 5.41) is 9.46. The first-order chi connectivity index (χ1) is 7.79. The van der Waals surface area contributed by atoms with Crippen molar-refractivity contribution < 1.29 is 0 Å². The second kappa shape index (κ2) is 5.06. The van der Waals surface area contributed by atoms with E-state index in [-0.39, 0.29) is 5.37 Å².